The van der Waals surface area contributed by atoms with E-state index >= 15 is 0 Å². The van der Waals surface area contributed by atoms with Gasteiger partial charge in [-0.2, -0.15) is 0 Å². The molecule has 0 aromatic rings. The lowest BCUT2D eigenvalue weighted by atomic mass is 10.0. The number of nitrogens with zero attached hydrogens (tertiary/aromatic N) is 1. The Morgan fingerprint density at radius 1 is 0.307 bits per heavy atom. The fourth-order valence-electron chi connectivity index (χ4n) is 12.5. The van der Waals surface area contributed by atoms with Crippen molar-refractivity contribution in [1.29, 1.82) is 0 Å². The van der Waals surface area contributed by atoms with E-state index in [1.165, 1.54) is 276 Å². The Hall–Kier alpha value is -4.05. The molecule has 0 amide bonds. The molecule has 0 aliphatic carbocycles. The predicted octanol–water partition coefficient (Wildman–Crippen LogP) is 28.0. The van der Waals surface area contributed by atoms with Gasteiger partial charge in [0.25, 0.3) is 6.29 Å². The van der Waals surface area contributed by atoms with Crippen LogP contribution in [0.15, 0.2) is 109 Å². The molecule has 0 saturated carbocycles. The highest BCUT2D eigenvalue weighted by molar-refractivity contribution is 5.71. The van der Waals surface area contributed by atoms with Gasteiger partial charge >= 0.3 is 17.9 Å². The number of ether oxygens (including phenoxy) is 4. The SMILES string of the molecule is CC/C=C\C/C=C\C/C=C\C/C=C\C/C=C\C/C=C\C/C=C\C/C=C\CCCCCCCCCCCCCCC(=O)OC(COC(=O)CCCCCCCCCCCCCCCCCCCCCCCCCCCCC/C=C\CCCCCCCCCC)COC(OCC[N+](C)(C)C)C(=O)O. The quantitative estimate of drug-likeness (QED) is 0.0211. The first-order valence-electron chi connectivity index (χ1n) is 43.1. The molecule has 0 saturated heterocycles. The van der Waals surface area contributed by atoms with E-state index in [0.29, 0.717) is 23.9 Å². The lowest BCUT2D eigenvalue weighted by Crippen LogP contribution is -2.40. The Kier molecular flexibility index (Phi) is 78.3. The van der Waals surface area contributed by atoms with Crippen LogP contribution >= 0.6 is 0 Å². The van der Waals surface area contributed by atoms with Crippen LogP contribution in [0, 0.1) is 0 Å². The van der Waals surface area contributed by atoms with E-state index < -0.39 is 24.3 Å². The smallest absolute Gasteiger partial charge is 0.361 e. The first-order chi connectivity index (χ1) is 49.6. The number of rotatable bonds is 80. The normalized spacial score (nSPS) is 13.2. The Bertz CT molecular complexity index is 2040. The highest BCUT2D eigenvalue weighted by Gasteiger charge is 2.25. The Morgan fingerprint density at radius 2 is 0.564 bits per heavy atom. The second-order valence-corrected chi connectivity index (χ2v) is 30.1. The number of carbonyl (C=O) groups excluding carboxylic acids is 2. The first kappa shape index (κ1) is 97.0. The summed E-state index contributed by atoms with van der Waals surface area (Å²) in [5, 5.41) is 9.79. The van der Waals surface area contributed by atoms with Gasteiger partial charge in [-0.1, -0.05) is 393 Å². The number of aliphatic carboxylic acids is 1. The van der Waals surface area contributed by atoms with Crippen molar-refractivity contribution in [1.82, 2.24) is 0 Å². The molecule has 0 spiro atoms. The summed E-state index contributed by atoms with van der Waals surface area (Å²) in [6.45, 7) is 4.81. The first-order valence-corrected chi connectivity index (χ1v) is 43.1. The molecule has 1 N–H and O–H groups in total. The molecular weight excluding hydrogens is 1250 g/mol. The van der Waals surface area contributed by atoms with Gasteiger partial charge in [0.2, 0.25) is 0 Å². The van der Waals surface area contributed by atoms with Crippen LogP contribution in [0.1, 0.15) is 399 Å². The van der Waals surface area contributed by atoms with Crippen LogP contribution in [0.2, 0.25) is 0 Å². The maximum Gasteiger partial charge on any atom is 0.361 e. The fraction of sp³-hybridized carbons (Fsp3) is 0.772. The topological polar surface area (TPSA) is 108 Å². The van der Waals surface area contributed by atoms with Crippen molar-refractivity contribution < 1.29 is 42.9 Å². The highest BCUT2D eigenvalue weighted by atomic mass is 16.7. The molecule has 101 heavy (non-hydrogen) atoms. The van der Waals surface area contributed by atoms with E-state index in [4.69, 9.17) is 18.9 Å². The average Bonchev–Trinajstić information content (AvgIpc) is 1.25. The molecule has 9 heteroatoms. The van der Waals surface area contributed by atoms with Crippen LogP contribution in [0.4, 0.5) is 0 Å². The lowest BCUT2D eigenvalue weighted by Gasteiger charge is -2.25. The maximum absolute atomic E-state index is 13.0. The minimum atomic E-state index is -1.52. The number of unbranched alkanes of at least 4 members (excludes halogenated alkanes) is 47. The molecule has 2 atom stereocenters. The molecule has 584 valence electrons. The summed E-state index contributed by atoms with van der Waals surface area (Å²) in [4.78, 5) is 37.8. The third-order valence-electron chi connectivity index (χ3n) is 19.0. The summed E-state index contributed by atoms with van der Waals surface area (Å²) in [5.74, 6) is -1.99. The van der Waals surface area contributed by atoms with Crippen LogP contribution in [0.5, 0.6) is 0 Å². The van der Waals surface area contributed by atoms with Crippen molar-refractivity contribution >= 4 is 17.9 Å². The zero-order chi connectivity index (χ0) is 73.2. The molecule has 0 radical (unpaired) electrons. The minimum absolute atomic E-state index is 0.183. The van der Waals surface area contributed by atoms with Crippen LogP contribution in [-0.2, 0) is 33.3 Å². The van der Waals surface area contributed by atoms with Gasteiger partial charge < -0.3 is 28.5 Å². The molecule has 0 aliphatic heterocycles. The van der Waals surface area contributed by atoms with E-state index in [1.54, 1.807) is 0 Å². The van der Waals surface area contributed by atoms with Crippen molar-refractivity contribution in [2.75, 3.05) is 47.5 Å². The standard InChI is InChI=1S/C92H163NO8/c1-6-8-10-12-14-16-18-20-22-24-26-28-30-32-34-36-38-40-42-44-45-47-48-50-52-54-56-58-60-62-64-66-68-70-72-74-76-78-80-82-89(94)99-86-88(87-100-92(91(96)97)98-85-84-93(3,4)5)101-90(95)83-81-79-77-75-73-71-69-67-65-63-61-59-57-55-53-51-49-46-43-41-39-37-35-33-31-29-27-25-23-21-19-17-15-13-11-9-7-2/h9,11,15,17,21,23-24,26-27,29,33,35,39,41,46,49,53,55,88,92H,6-8,10,12-14,16,18-20,22,25,28,30-32,34,36-38,40,42-45,47-48,50-52,54,56-87H2,1-5H3/p+1/b11-9-,17-15-,23-21-,26-24-,29-27-,35-33-,41-39-,49-46-,55-53-. The zero-order valence-electron chi connectivity index (χ0n) is 67.1. The lowest BCUT2D eigenvalue weighted by molar-refractivity contribution is -0.870. The summed E-state index contributed by atoms with van der Waals surface area (Å²) < 4.78 is 23.1. The van der Waals surface area contributed by atoms with Crippen molar-refractivity contribution in [3.63, 3.8) is 0 Å². The summed E-state index contributed by atoms with van der Waals surface area (Å²) in [5.41, 5.74) is 0. The van der Waals surface area contributed by atoms with Crippen LogP contribution in [0.3, 0.4) is 0 Å². The van der Waals surface area contributed by atoms with Crippen molar-refractivity contribution in [2.24, 2.45) is 0 Å². The number of allylic oxidation sites excluding steroid dienone is 18. The third-order valence-corrected chi connectivity index (χ3v) is 19.0. The number of hydrogen-bond donors (Lipinski definition) is 1. The Labute approximate surface area is 625 Å². The van der Waals surface area contributed by atoms with Crippen LogP contribution in [0.25, 0.3) is 0 Å². The molecule has 0 aromatic carbocycles. The number of hydrogen-bond acceptors (Lipinski definition) is 7. The monoisotopic (exact) mass is 1410 g/mol. The number of carboxylic acids is 1. The van der Waals surface area contributed by atoms with E-state index in [-0.39, 0.29) is 32.2 Å². The van der Waals surface area contributed by atoms with E-state index in [2.05, 4.69) is 123 Å². The van der Waals surface area contributed by atoms with Gasteiger partial charge in [-0.25, -0.2) is 4.79 Å². The van der Waals surface area contributed by atoms with E-state index in [1.807, 2.05) is 21.1 Å². The van der Waals surface area contributed by atoms with E-state index in [9.17, 15) is 19.5 Å². The molecule has 0 aromatic heterocycles. The Morgan fingerprint density at radius 3 is 0.851 bits per heavy atom. The highest BCUT2D eigenvalue weighted by Crippen LogP contribution is 2.20. The van der Waals surface area contributed by atoms with Gasteiger partial charge in [0.1, 0.15) is 13.2 Å². The van der Waals surface area contributed by atoms with Crippen molar-refractivity contribution in [3.05, 3.63) is 109 Å². The summed E-state index contributed by atoms with van der Waals surface area (Å²) >= 11 is 0. The number of carboxylic acid groups (broad SMARTS) is 1. The van der Waals surface area contributed by atoms with Crippen molar-refractivity contribution in [3.8, 4) is 0 Å². The van der Waals surface area contributed by atoms with Crippen LogP contribution in [-0.4, -0.2) is 87.4 Å². The molecule has 0 fully saturated rings. The second kappa shape index (κ2) is 81.6. The number of quaternary nitrogens is 1. The third kappa shape index (κ3) is 83.1. The fourth-order valence-corrected chi connectivity index (χ4v) is 12.5. The average molecular weight is 1410 g/mol. The molecule has 0 rings (SSSR count). The minimum Gasteiger partial charge on any atom is -0.477 e. The predicted molar refractivity (Wildman–Crippen MR) is 438 cm³/mol. The second-order valence-electron chi connectivity index (χ2n) is 30.1. The van der Waals surface area contributed by atoms with Crippen molar-refractivity contribution in [2.45, 2.75) is 411 Å². The van der Waals surface area contributed by atoms with Gasteiger partial charge in [0.15, 0.2) is 6.10 Å². The van der Waals surface area contributed by atoms with Gasteiger partial charge in [0, 0.05) is 12.8 Å². The van der Waals surface area contributed by atoms with Gasteiger partial charge in [-0.15, -0.1) is 0 Å². The number of carbonyl (C=O) groups is 3. The Balaban J connectivity index is 3.98. The maximum atomic E-state index is 13.0. The molecular formula is C92H164NO8+. The summed E-state index contributed by atoms with van der Waals surface area (Å²) in [6, 6.07) is 0. The number of esters is 2. The van der Waals surface area contributed by atoms with Gasteiger partial charge in [0.05, 0.1) is 34.4 Å². The summed E-state index contributed by atoms with van der Waals surface area (Å²) in [6.07, 6.45) is 113. The molecule has 0 bridgehead atoms. The van der Waals surface area contributed by atoms with Gasteiger partial charge in [-0.3, -0.25) is 9.59 Å². The summed E-state index contributed by atoms with van der Waals surface area (Å²) in [7, 11) is 5.99. The molecule has 2 unspecified atom stereocenters. The van der Waals surface area contributed by atoms with E-state index in [0.717, 1.165) is 89.9 Å². The molecule has 9 nitrogen and oxygen atoms in total. The molecule has 0 heterocycles. The zero-order valence-corrected chi connectivity index (χ0v) is 67.1. The largest absolute Gasteiger partial charge is 0.477 e. The van der Waals surface area contributed by atoms with Crippen LogP contribution < -0.4 is 0 Å². The number of likely N-dealkylation sites (N-methyl/N-ethyl adjacent to an activating group) is 1. The van der Waals surface area contributed by atoms with Gasteiger partial charge in [-0.05, 0) is 103 Å². The molecule has 0 aliphatic rings.